The van der Waals surface area contributed by atoms with Gasteiger partial charge in [0.25, 0.3) is 5.56 Å². The summed E-state index contributed by atoms with van der Waals surface area (Å²) < 4.78 is 45.0. The van der Waals surface area contributed by atoms with Gasteiger partial charge in [-0.15, -0.1) is 0 Å². The Labute approximate surface area is 139 Å². The summed E-state index contributed by atoms with van der Waals surface area (Å²) in [6.45, 7) is 0. The normalized spacial score (nSPS) is 11.7. The van der Waals surface area contributed by atoms with Crippen molar-refractivity contribution in [1.29, 1.82) is 0 Å². The summed E-state index contributed by atoms with van der Waals surface area (Å²) >= 11 is 5.98. The van der Waals surface area contributed by atoms with Crippen LogP contribution in [0, 0.1) is 0 Å². The zero-order valence-electron chi connectivity index (χ0n) is 12.3. The van der Waals surface area contributed by atoms with E-state index in [4.69, 9.17) is 16.3 Å². The van der Waals surface area contributed by atoms with E-state index in [0.717, 1.165) is 18.3 Å². The first-order chi connectivity index (χ1) is 11.3. The van der Waals surface area contributed by atoms with Crippen molar-refractivity contribution in [1.82, 2.24) is 9.55 Å². The first-order valence-electron chi connectivity index (χ1n) is 6.74. The topological polar surface area (TPSA) is 44.1 Å². The molecule has 0 aliphatic rings. The minimum Gasteiger partial charge on any atom is -0.495 e. The molecule has 0 bridgehead atoms. The maximum atomic E-state index is 12.9. The lowest BCUT2D eigenvalue weighted by molar-refractivity contribution is -0.137. The van der Waals surface area contributed by atoms with Crippen molar-refractivity contribution in [2.24, 2.45) is 0 Å². The molecule has 3 aromatic rings. The summed E-state index contributed by atoms with van der Waals surface area (Å²) in [5, 5.41) is 0.356. The minimum atomic E-state index is -4.50. The quantitative estimate of drug-likeness (QED) is 0.697. The minimum absolute atomic E-state index is 0.0338. The number of hydrogen-bond donors (Lipinski definition) is 0. The molecule has 0 saturated heterocycles. The van der Waals surface area contributed by atoms with E-state index in [-0.39, 0.29) is 11.0 Å². The maximum absolute atomic E-state index is 12.9. The SMILES string of the molecule is COc1ccc(Cl)cc1-n1c(=O)cnc2cc(C(F)(F)F)ccc21. The Morgan fingerprint density at radius 1 is 1.17 bits per heavy atom. The van der Waals surface area contributed by atoms with Gasteiger partial charge in [0, 0.05) is 5.02 Å². The van der Waals surface area contributed by atoms with Crippen LogP contribution < -0.4 is 10.3 Å². The van der Waals surface area contributed by atoms with Crippen LogP contribution in [-0.2, 0) is 6.18 Å². The van der Waals surface area contributed by atoms with Crippen LogP contribution in [-0.4, -0.2) is 16.7 Å². The van der Waals surface area contributed by atoms with Crippen LogP contribution in [0.2, 0.25) is 5.02 Å². The van der Waals surface area contributed by atoms with Crippen molar-refractivity contribution >= 4 is 22.6 Å². The molecule has 8 heteroatoms. The lowest BCUT2D eigenvalue weighted by atomic mass is 10.1. The van der Waals surface area contributed by atoms with Crippen LogP contribution in [0.3, 0.4) is 0 Å². The second kappa shape index (κ2) is 5.83. The van der Waals surface area contributed by atoms with Gasteiger partial charge in [0.1, 0.15) is 5.75 Å². The van der Waals surface area contributed by atoms with Gasteiger partial charge in [0.05, 0.1) is 35.6 Å². The number of fused-ring (bicyclic) bond motifs is 1. The van der Waals surface area contributed by atoms with Gasteiger partial charge in [0.15, 0.2) is 0 Å². The highest BCUT2D eigenvalue weighted by Gasteiger charge is 2.30. The number of rotatable bonds is 2. The fraction of sp³-hybridized carbons (Fsp3) is 0.125. The second-order valence-electron chi connectivity index (χ2n) is 4.95. The second-order valence-corrected chi connectivity index (χ2v) is 5.39. The predicted octanol–water partition coefficient (Wildman–Crippen LogP) is 4.07. The predicted molar refractivity (Wildman–Crippen MR) is 83.9 cm³/mol. The van der Waals surface area contributed by atoms with E-state index in [1.165, 1.54) is 23.8 Å². The van der Waals surface area contributed by atoms with Gasteiger partial charge >= 0.3 is 6.18 Å². The van der Waals surface area contributed by atoms with E-state index in [2.05, 4.69) is 4.98 Å². The molecule has 2 aromatic carbocycles. The number of ether oxygens (including phenoxy) is 1. The average Bonchev–Trinajstić information content (AvgIpc) is 2.53. The molecular weight excluding hydrogens is 345 g/mol. The largest absolute Gasteiger partial charge is 0.495 e. The van der Waals surface area contributed by atoms with Crippen molar-refractivity contribution < 1.29 is 17.9 Å². The highest BCUT2D eigenvalue weighted by Crippen LogP contribution is 2.32. The summed E-state index contributed by atoms with van der Waals surface area (Å²) in [6, 6.07) is 7.64. The molecule has 24 heavy (non-hydrogen) atoms. The van der Waals surface area contributed by atoms with Crippen molar-refractivity contribution in [3.05, 3.63) is 63.5 Å². The molecule has 0 saturated carbocycles. The number of halogens is 4. The summed E-state index contributed by atoms with van der Waals surface area (Å²) in [5.41, 5.74) is -0.779. The Morgan fingerprint density at radius 3 is 2.58 bits per heavy atom. The smallest absolute Gasteiger partial charge is 0.416 e. The standard InChI is InChI=1S/C16H10ClF3N2O2/c1-24-14-5-3-10(17)7-13(14)22-12-4-2-9(16(18,19)20)6-11(12)21-8-15(22)23/h2-8H,1H3. The number of benzene rings is 2. The van der Waals surface area contributed by atoms with Gasteiger partial charge in [-0.3, -0.25) is 9.36 Å². The molecule has 124 valence electrons. The van der Waals surface area contributed by atoms with Crippen molar-refractivity contribution in [3.63, 3.8) is 0 Å². The molecular formula is C16H10ClF3N2O2. The fourth-order valence-corrected chi connectivity index (χ4v) is 2.55. The molecule has 0 atom stereocenters. The summed E-state index contributed by atoms with van der Waals surface area (Å²) in [5.74, 6) is 0.355. The molecule has 1 aromatic heterocycles. The molecule has 0 fully saturated rings. The fourth-order valence-electron chi connectivity index (χ4n) is 2.38. The molecule has 0 radical (unpaired) electrons. The van der Waals surface area contributed by atoms with E-state index < -0.39 is 17.3 Å². The number of hydrogen-bond acceptors (Lipinski definition) is 3. The molecule has 0 spiro atoms. The van der Waals surface area contributed by atoms with Crippen LogP contribution in [0.25, 0.3) is 16.7 Å². The lowest BCUT2D eigenvalue weighted by Crippen LogP contribution is -2.19. The summed E-state index contributed by atoms with van der Waals surface area (Å²) in [4.78, 5) is 16.1. The van der Waals surface area contributed by atoms with Crippen LogP contribution in [0.15, 0.2) is 47.4 Å². The third kappa shape index (κ3) is 2.82. The highest BCUT2D eigenvalue weighted by atomic mass is 35.5. The number of nitrogens with zero attached hydrogens (tertiary/aromatic N) is 2. The summed E-state index contributed by atoms with van der Waals surface area (Å²) in [7, 11) is 1.42. The molecule has 0 N–H and O–H groups in total. The van der Waals surface area contributed by atoms with Crippen molar-refractivity contribution in [2.75, 3.05) is 7.11 Å². The zero-order chi connectivity index (χ0) is 17.5. The highest BCUT2D eigenvalue weighted by molar-refractivity contribution is 6.30. The van der Waals surface area contributed by atoms with Crippen LogP contribution in [0.1, 0.15) is 5.56 Å². The Balaban J connectivity index is 2.35. The lowest BCUT2D eigenvalue weighted by Gasteiger charge is -2.14. The number of aromatic nitrogens is 2. The maximum Gasteiger partial charge on any atom is 0.416 e. The Kier molecular flexibility index (Phi) is 3.96. The number of methoxy groups -OCH3 is 1. The Hall–Kier alpha value is -2.54. The molecule has 0 aliphatic carbocycles. The third-order valence-electron chi connectivity index (χ3n) is 3.46. The Morgan fingerprint density at radius 2 is 1.92 bits per heavy atom. The van der Waals surface area contributed by atoms with Gasteiger partial charge in [-0.1, -0.05) is 11.6 Å². The van der Waals surface area contributed by atoms with Gasteiger partial charge in [-0.2, -0.15) is 13.2 Å². The van der Waals surface area contributed by atoms with E-state index in [1.54, 1.807) is 12.1 Å². The Bertz CT molecular complexity index is 983. The average molecular weight is 355 g/mol. The molecule has 0 unspecified atom stereocenters. The van der Waals surface area contributed by atoms with Gasteiger partial charge < -0.3 is 4.74 Å². The van der Waals surface area contributed by atoms with Crippen LogP contribution in [0.5, 0.6) is 5.75 Å². The van der Waals surface area contributed by atoms with Crippen LogP contribution in [0.4, 0.5) is 13.2 Å². The monoisotopic (exact) mass is 354 g/mol. The summed E-state index contributed by atoms with van der Waals surface area (Å²) in [6.07, 6.45) is -3.53. The first-order valence-corrected chi connectivity index (χ1v) is 7.12. The van der Waals surface area contributed by atoms with E-state index in [9.17, 15) is 18.0 Å². The van der Waals surface area contributed by atoms with E-state index >= 15 is 0 Å². The van der Waals surface area contributed by atoms with E-state index in [0.29, 0.717) is 16.5 Å². The van der Waals surface area contributed by atoms with Crippen molar-refractivity contribution in [2.45, 2.75) is 6.18 Å². The third-order valence-corrected chi connectivity index (χ3v) is 3.70. The van der Waals surface area contributed by atoms with Gasteiger partial charge in [-0.25, -0.2) is 4.98 Å². The molecule has 3 rings (SSSR count). The molecule has 1 heterocycles. The molecule has 0 amide bonds. The molecule has 0 aliphatic heterocycles. The first kappa shape index (κ1) is 16.3. The van der Waals surface area contributed by atoms with Crippen LogP contribution >= 0.6 is 11.6 Å². The zero-order valence-corrected chi connectivity index (χ0v) is 13.0. The molecule has 4 nitrogen and oxygen atoms in total. The van der Waals surface area contributed by atoms with Gasteiger partial charge in [-0.05, 0) is 36.4 Å². The van der Waals surface area contributed by atoms with Crippen molar-refractivity contribution in [3.8, 4) is 11.4 Å². The van der Waals surface area contributed by atoms with E-state index in [1.807, 2.05) is 0 Å². The number of alkyl halides is 3. The van der Waals surface area contributed by atoms with Gasteiger partial charge in [0.2, 0.25) is 0 Å².